The molecule has 33 heteroatoms. The SMILES string of the molecule is C.CCC[CH2][Sn]([CH2]CCC)([CH2]CCC)[c]1cc(C(C)=O)no1.COc1ccc(-c2cc(C(=O)N3CC(c4ccccc4)C3)no2)nn1.COc1ccc(-c2cc(C(=O)O)no2)nn1.COc1ccc(-c2cc(C(C)=O)no2)nn1.COc1ccc(Br)nn1.Cl.[CH2-]C.[Li+].[OH-].[Pd].c1ccc(C2CNC2)cc1. The Morgan fingerprint density at radius 1 is 0.529 bits per heavy atom. The second-order valence-electron chi connectivity index (χ2n) is 22.2. The van der Waals surface area contributed by atoms with E-state index >= 15 is 0 Å². The van der Waals surface area contributed by atoms with Gasteiger partial charge < -0.3 is 60.2 Å². The molecule has 558 valence electrons. The number of amides is 1. The molecule has 2 aromatic carbocycles. The Balaban J connectivity index is 0.000000632. The molecule has 0 unspecified atom stereocenters. The van der Waals surface area contributed by atoms with Crippen LogP contribution in [0.3, 0.4) is 0 Å². The van der Waals surface area contributed by atoms with Gasteiger partial charge in [-0.1, -0.05) is 83.6 Å². The molecule has 2 aliphatic rings. The molecule has 0 bridgehead atoms. The van der Waals surface area contributed by atoms with E-state index in [0.717, 1.165) is 22.8 Å². The van der Waals surface area contributed by atoms with Gasteiger partial charge in [0, 0.05) is 108 Å². The molecule has 0 saturated carbocycles. The van der Waals surface area contributed by atoms with Gasteiger partial charge in [-0.2, -0.15) is 6.92 Å². The quantitative estimate of drug-likeness (QED) is 0.0341. The summed E-state index contributed by atoms with van der Waals surface area (Å²) in [5, 5.41) is 57.2. The monoisotopic (exact) mass is 1710 g/mol. The van der Waals surface area contributed by atoms with Crippen molar-refractivity contribution in [3.63, 3.8) is 0 Å². The van der Waals surface area contributed by atoms with Crippen LogP contribution in [0.4, 0.5) is 0 Å². The molecule has 10 heterocycles. The van der Waals surface area contributed by atoms with E-state index < -0.39 is 24.3 Å². The average molecular weight is 1710 g/mol. The van der Waals surface area contributed by atoms with Gasteiger partial charge in [0.2, 0.25) is 23.5 Å². The van der Waals surface area contributed by atoms with Gasteiger partial charge >= 0.3 is 159 Å². The van der Waals surface area contributed by atoms with Crippen molar-refractivity contribution in [1.82, 2.24) is 71.6 Å². The molecule has 0 spiro atoms. The number of nitrogens with one attached hydrogen (secondary N) is 1. The molecule has 10 aromatic rings. The zero-order chi connectivity index (χ0) is 71.5. The first-order valence-electron chi connectivity index (χ1n) is 32.1. The number of likely N-dealkylation sites (tertiary alicyclic amines) is 1. The van der Waals surface area contributed by atoms with E-state index in [0.29, 0.717) is 81.4 Å². The van der Waals surface area contributed by atoms with Crippen LogP contribution in [0.25, 0.3) is 34.4 Å². The Hall–Kier alpha value is -8.17. The third-order valence-corrected chi connectivity index (χ3v) is 30.7. The molecule has 2 aliphatic heterocycles. The number of halogens is 2. The number of carbonyl (C=O) groups excluding carboxylic acids is 3. The van der Waals surface area contributed by atoms with Crippen LogP contribution in [-0.4, -0.2) is 173 Å². The number of carboxylic acid groups (broad SMARTS) is 1. The molecule has 0 radical (unpaired) electrons. The van der Waals surface area contributed by atoms with E-state index in [1.165, 1.54) is 103 Å². The van der Waals surface area contributed by atoms with Crippen LogP contribution in [0.15, 0.2) is 156 Å². The predicted molar refractivity (Wildman–Crippen MR) is 391 cm³/mol. The molecule has 12 rings (SSSR count). The van der Waals surface area contributed by atoms with Gasteiger partial charge in [-0.25, -0.2) is 4.79 Å². The molecule has 0 atom stereocenters. The van der Waals surface area contributed by atoms with Crippen molar-refractivity contribution in [2.45, 2.75) is 113 Å². The summed E-state index contributed by atoms with van der Waals surface area (Å²) in [7, 11) is 6.05. The second kappa shape index (κ2) is 50.3. The maximum Gasteiger partial charge on any atom is 1.00 e. The number of unbranched alkanes of at least 4 members (excludes halogenated alkanes) is 3. The van der Waals surface area contributed by atoms with Crippen molar-refractivity contribution >= 4 is 73.9 Å². The number of aromatic carboxylic acids is 1. The van der Waals surface area contributed by atoms with Crippen molar-refractivity contribution in [2.24, 2.45) is 0 Å². The van der Waals surface area contributed by atoms with Crippen LogP contribution >= 0.6 is 28.3 Å². The Kier molecular flexibility index (Phi) is 45.4. The smallest absolute Gasteiger partial charge is 0.870 e. The number of aromatic nitrogens is 12. The van der Waals surface area contributed by atoms with Gasteiger partial charge in [-0.05, 0) is 51.3 Å². The van der Waals surface area contributed by atoms with Gasteiger partial charge in [0.25, 0.3) is 5.91 Å². The third-order valence-electron chi connectivity index (χ3n) is 15.4. The average Bonchev–Trinajstić information content (AvgIpc) is 1.37. The Bertz CT molecular complexity index is 3900. The fourth-order valence-corrected chi connectivity index (χ4v) is 24.9. The fraction of sp³-hybridized carbons (Fsp3) is 0.366. The van der Waals surface area contributed by atoms with E-state index in [4.69, 9.17) is 42.1 Å². The summed E-state index contributed by atoms with van der Waals surface area (Å²) in [6.45, 7) is 18.5. The number of hydrogen-bond acceptors (Lipinski definition) is 26. The molecular formula is C71H90BrClLiN14O14PdSn-. The van der Waals surface area contributed by atoms with Crippen LogP contribution in [0.2, 0.25) is 13.3 Å². The van der Waals surface area contributed by atoms with Gasteiger partial charge in [-0.15, -0.1) is 53.2 Å². The van der Waals surface area contributed by atoms with Crippen LogP contribution in [0.5, 0.6) is 23.5 Å². The normalized spacial score (nSPS) is 11.5. The minimum absolute atomic E-state index is 0. The third kappa shape index (κ3) is 29.1. The zero-order valence-corrected chi connectivity index (χ0v) is 66.3. The summed E-state index contributed by atoms with van der Waals surface area (Å²) < 4.78 is 46.1. The number of carboxylic acids is 1. The number of methoxy groups -OCH3 is 4. The van der Waals surface area contributed by atoms with E-state index in [-0.39, 0.29) is 105 Å². The number of nitrogens with zero attached hydrogens (tertiary/aromatic N) is 13. The van der Waals surface area contributed by atoms with E-state index in [9.17, 15) is 19.2 Å². The Morgan fingerprint density at radius 2 is 0.885 bits per heavy atom. The van der Waals surface area contributed by atoms with E-state index in [1.807, 2.05) is 24.3 Å². The Labute approximate surface area is 650 Å². The number of ketones is 2. The van der Waals surface area contributed by atoms with E-state index in [2.05, 4.69) is 153 Å². The largest absolute Gasteiger partial charge is 1.00 e. The topological polar surface area (TPSA) is 378 Å². The van der Waals surface area contributed by atoms with Crippen molar-refractivity contribution in [2.75, 3.05) is 54.6 Å². The molecule has 2 saturated heterocycles. The fourth-order valence-electron chi connectivity index (χ4n) is 9.62. The van der Waals surface area contributed by atoms with Gasteiger partial charge in [0.15, 0.2) is 34.5 Å². The predicted octanol–water partition coefficient (Wildman–Crippen LogP) is 10.8. The summed E-state index contributed by atoms with van der Waals surface area (Å²) >= 11 is 0.627. The maximum atomic E-state index is 12.5. The first-order chi connectivity index (χ1) is 48.0. The number of rotatable bonds is 23. The summed E-state index contributed by atoms with van der Waals surface area (Å²) in [6.07, 6.45) is 7.60. The van der Waals surface area contributed by atoms with E-state index in [1.54, 1.807) is 80.5 Å². The summed E-state index contributed by atoms with van der Waals surface area (Å²) in [5.41, 5.74) is 5.01. The summed E-state index contributed by atoms with van der Waals surface area (Å²) in [5.74, 6) is 2.49. The standard InChI is InChI=1S/C18H16N4O3.C10H9N3O3.C9H7N3O4.C9H11N.C5H5BrN2O.C5H4NO2.3C4H9.C2H5.CH4.ClH.Li.H2O.Pd.Sn/c1-24-17-8-7-14(19-20-17)16-9-15(21-25-16)18(23)22-10-13(11-22)12-5-3-2-4-6-12;1-6(14)8-5-9(16-13-8)7-3-4-10(15-2)12-11-7;1-15-8-3-2-5(10-11-8)7-4-6(9(13)14)12-16-7;1-2-4-8(5-3-1)9-6-10-7-9;1-9-5-3-2-4(6)7-8-5;1-4(7)5-2-3-8-6-5;3*1-3-4-2;1-2;;;;;;/h2-9,13H,10-11H2,1H3;3-5H,1-2H3;2-4H,1H3,(H,13,14);1-5,9-10H,6-7H2;2-3H,1H3;2H,1H3;3*1,3-4H2,2H3;1H2,2H3;1H4;1H;;1H2;;/q;;;;;;;;;-1;;;+1;;;/p-1. The van der Waals surface area contributed by atoms with Gasteiger partial charge in [0.1, 0.15) is 27.4 Å². The van der Waals surface area contributed by atoms with Crippen molar-refractivity contribution in [3.8, 4) is 57.9 Å². The van der Waals surface area contributed by atoms with Gasteiger partial charge in [0.05, 0.1) is 28.4 Å². The number of Topliss-reactive ketones (excluding diaryl/α,β-unsaturated/α-hetero) is 2. The Morgan fingerprint density at radius 3 is 1.20 bits per heavy atom. The molecule has 0 aliphatic carbocycles. The molecule has 1 amide bonds. The first kappa shape index (κ1) is 93.8. The molecule has 2 fully saturated rings. The second-order valence-corrected chi connectivity index (χ2v) is 36.0. The van der Waals surface area contributed by atoms with Crippen LogP contribution < -0.4 is 46.9 Å². The minimum Gasteiger partial charge on any atom is -0.870 e. The van der Waals surface area contributed by atoms with Crippen molar-refractivity contribution < 1.29 is 106 Å². The minimum atomic E-state index is -2.52. The molecule has 3 N–H and O–H groups in total. The van der Waals surface area contributed by atoms with Gasteiger partial charge in [-0.3, -0.25) is 9.59 Å². The van der Waals surface area contributed by atoms with Crippen LogP contribution in [0.1, 0.15) is 152 Å². The summed E-state index contributed by atoms with van der Waals surface area (Å²) in [4.78, 5) is 47.4. The molecule has 8 aromatic heterocycles. The molecular weight excluding hydrogens is 1620 g/mol. The summed E-state index contributed by atoms with van der Waals surface area (Å²) in [6, 6.07) is 40.6. The van der Waals surface area contributed by atoms with Crippen molar-refractivity contribution in [1.29, 1.82) is 0 Å². The number of ether oxygens (including phenoxy) is 4. The molecule has 28 nitrogen and oxygen atoms in total. The van der Waals surface area contributed by atoms with Crippen LogP contribution in [-0.2, 0) is 20.4 Å². The zero-order valence-electron chi connectivity index (χ0n) is 59.5. The maximum absolute atomic E-state index is 12.5. The number of carbonyl (C=O) groups is 4. The first-order valence-corrected chi connectivity index (χ1v) is 40.4. The molecule has 104 heavy (non-hydrogen) atoms. The van der Waals surface area contributed by atoms with Crippen molar-refractivity contribution in [3.05, 3.63) is 179 Å². The number of hydrogen-bond donors (Lipinski definition) is 2. The van der Waals surface area contributed by atoms with Crippen LogP contribution in [0, 0.1) is 6.92 Å². The number of benzene rings is 2.